The second-order valence-corrected chi connectivity index (χ2v) is 12.6. The molecule has 0 aromatic heterocycles. The van der Waals surface area contributed by atoms with Gasteiger partial charge in [-0.1, -0.05) is 20.8 Å². The third kappa shape index (κ3) is 16.6. The van der Waals surface area contributed by atoms with Crippen LogP contribution in [-0.4, -0.2) is 94.6 Å². The van der Waals surface area contributed by atoms with Crippen LogP contribution in [0.4, 0.5) is 0 Å². The zero-order chi connectivity index (χ0) is 20.4. The first kappa shape index (κ1) is 26.9. The Morgan fingerprint density at radius 3 is 1.26 bits per heavy atom. The SMILES string of the molecule is CNCCOCCOCCOCCOCCOCCO[Si](C)(C)C(C)(C)C. The van der Waals surface area contributed by atoms with Gasteiger partial charge < -0.3 is 33.4 Å². The van der Waals surface area contributed by atoms with E-state index < -0.39 is 8.32 Å². The molecule has 0 amide bonds. The second kappa shape index (κ2) is 16.9. The molecule has 8 heteroatoms. The fourth-order valence-corrected chi connectivity index (χ4v) is 2.75. The molecule has 27 heavy (non-hydrogen) atoms. The van der Waals surface area contributed by atoms with Gasteiger partial charge in [-0.15, -0.1) is 0 Å². The first-order chi connectivity index (χ1) is 12.8. The zero-order valence-corrected chi connectivity index (χ0v) is 19.4. The van der Waals surface area contributed by atoms with Crippen LogP contribution in [0.1, 0.15) is 20.8 Å². The molecule has 1 N–H and O–H groups in total. The summed E-state index contributed by atoms with van der Waals surface area (Å²) >= 11 is 0. The molecular weight excluding hydrogens is 366 g/mol. The Labute approximate surface area is 167 Å². The molecule has 0 aromatic carbocycles. The maximum atomic E-state index is 6.05. The number of rotatable bonds is 19. The monoisotopic (exact) mass is 409 g/mol. The summed E-state index contributed by atoms with van der Waals surface area (Å²) < 4.78 is 33.2. The fourth-order valence-electron chi connectivity index (χ4n) is 1.73. The van der Waals surface area contributed by atoms with Gasteiger partial charge in [-0.05, 0) is 25.2 Å². The van der Waals surface area contributed by atoms with E-state index >= 15 is 0 Å². The van der Waals surface area contributed by atoms with Crippen molar-refractivity contribution in [3.05, 3.63) is 0 Å². The van der Waals surface area contributed by atoms with E-state index in [4.69, 9.17) is 28.1 Å². The molecule has 0 saturated carbocycles. The first-order valence-corrected chi connectivity index (χ1v) is 12.9. The lowest BCUT2D eigenvalue weighted by Gasteiger charge is -2.36. The highest BCUT2D eigenvalue weighted by atomic mass is 28.4. The van der Waals surface area contributed by atoms with E-state index in [9.17, 15) is 0 Å². The van der Waals surface area contributed by atoms with Crippen molar-refractivity contribution in [2.75, 3.05) is 86.3 Å². The molecule has 0 saturated heterocycles. The van der Waals surface area contributed by atoms with Crippen LogP contribution in [0, 0.1) is 0 Å². The summed E-state index contributed by atoms with van der Waals surface area (Å²) in [5.41, 5.74) is 0. The van der Waals surface area contributed by atoms with Gasteiger partial charge in [-0.3, -0.25) is 0 Å². The van der Waals surface area contributed by atoms with Crippen molar-refractivity contribution in [3.63, 3.8) is 0 Å². The highest BCUT2D eigenvalue weighted by molar-refractivity contribution is 6.74. The number of nitrogens with one attached hydrogen (secondary N) is 1. The van der Waals surface area contributed by atoms with Gasteiger partial charge >= 0.3 is 0 Å². The number of hydrogen-bond donors (Lipinski definition) is 1. The van der Waals surface area contributed by atoms with Gasteiger partial charge in [0.05, 0.1) is 72.7 Å². The molecule has 0 atom stereocenters. The summed E-state index contributed by atoms with van der Waals surface area (Å²) in [5.74, 6) is 0. The molecule has 0 fully saturated rings. The smallest absolute Gasteiger partial charge is 0.192 e. The Hall–Kier alpha value is -0.0631. The van der Waals surface area contributed by atoms with Crippen molar-refractivity contribution in [2.24, 2.45) is 0 Å². The Balaban J connectivity index is 3.19. The molecule has 0 aliphatic carbocycles. The van der Waals surface area contributed by atoms with E-state index in [0.29, 0.717) is 72.7 Å². The van der Waals surface area contributed by atoms with Crippen LogP contribution < -0.4 is 5.32 Å². The van der Waals surface area contributed by atoms with Crippen molar-refractivity contribution in [1.29, 1.82) is 0 Å². The van der Waals surface area contributed by atoms with Crippen molar-refractivity contribution < 1.29 is 28.1 Å². The van der Waals surface area contributed by atoms with Gasteiger partial charge in [0.1, 0.15) is 0 Å². The quantitative estimate of drug-likeness (QED) is 0.259. The lowest BCUT2D eigenvalue weighted by Crippen LogP contribution is -2.41. The fraction of sp³-hybridized carbons (Fsp3) is 1.00. The van der Waals surface area contributed by atoms with Crippen LogP contribution in [0.15, 0.2) is 0 Å². The third-order valence-electron chi connectivity index (χ3n) is 4.48. The predicted molar refractivity (Wildman–Crippen MR) is 111 cm³/mol. The van der Waals surface area contributed by atoms with Crippen molar-refractivity contribution >= 4 is 8.32 Å². The van der Waals surface area contributed by atoms with Crippen molar-refractivity contribution in [1.82, 2.24) is 5.32 Å². The molecule has 0 heterocycles. The molecule has 0 bridgehead atoms. The molecular formula is C19H43NO6Si. The van der Waals surface area contributed by atoms with Gasteiger partial charge in [0.25, 0.3) is 0 Å². The highest BCUT2D eigenvalue weighted by Crippen LogP contribution is 2.36. The number of hydrogen-bond acceptors (Lipinski definition) is 7. The second-order valence-electron chi connectivity index (χ2n) is 7.77. The standard InChI is InChI=1S/C19H43NO6Si/c1-19(2,3)27(5,6)26-18-17-25-16-15-24-14-13-23-12-11-22-10-9-21-8-7-20-4/h20H,7-18H2,1-6H3. The molecule has 7 nitrogen and oxygen atoms in total. The van der Waals surface area contributed by atoms with E-state index in [1.54, 1.807) is 0 Å². The Morgan fingerprint density at radius 2 is 0.926 bits per heavy atom. The molecule has 0 aromatic rings. The van der Waals surface area contributed by atoms with Crippen LogP contribution in [0.25, 0.3) is 0 Å². The van der Waals surface area contributed by atoms with Crippen LogP contribution >= 0.6 is 0 Å². The lowest BCUT2D eigenvalue weighted by atomic mass is 10.2. The topological polar surface area (TPSA) is 67.4 Å². The van der Waals surface area contributed by atoms with Gasteiger partial charge in [-0.25, -0.2) is 0 Å². The summed E-state index contributed by atoms with van der Waals surface area (Å²) in [6, 6.07) is 0. The summed E-state index contributed by atoms with van der Waals surface area (Å²) in [4.78, 5) is 0. The van der Waals surface area contributed by atoms with Gasteiger partial charge in [0.15, 0.2) is 8.32 Å². The number of ether oxygens (including phenoxy) is 5. The maximum absolute atomic E-state index is 6.05. The number of likely N-dealkylation sites (N-methyl/N-ethyl adjacent to an activating group) is 1. The minimum Gasteiger partial charge on any atom is -0.414 e. The highest BCUT2D eigenvalue weighted by Gasteiger charge is 2.36. The molecule has 0 radical (unpaired) electrons. The summed E-state index contributed by atoms with van der Waals surface area (Å²) in [5, 5.41) is 3.26. The van der Waals surface area contributed by atoms with E-state index in [1.807, 2.05) is 7.05 Å². The van der Waals surface area contributed by atoms with Crippen LogP contribution in [0.3, 0.4) is 0 Å². The van der Waals surface area contributed by atoms with E-state index in [-0.39, 0.29) is 5.04 Å². The van der Waals surface area contributed by atoms with E-state index in [1.165, 1.54) is 0 Å². The van der Waals surface area contributed by atoms with Crippen molar-refractivity contribution in [2.45, 2.75) is 38.9 Å². The lowest BCUT2D eigenvalue weighted by molar-refractivity contribution is -0.0127. The normalized spacial score (nSPS) is 12.7. The molecule has 0 aliphatic rings. The molecule has 0 rings (SSSR count). The molecule has 0 spiro atoms. The van der Waals surface area contributed by atoms with Crippen molar-refractivity contribution in [3.8, 4) is 0 Å². The minimum absolute atomic E-state index is 0.237. The summed E-state index contributed by atoms with van der Waals surface area (Å²) in [6.07, 6.45) is 0. The van der Waals surface area contributed by atoms with Gasteiger partial charge in [0, 0.05) is 6.54 Å². The molecule has 164 valence electrons. The average molecular weight is 410 g/mol. The van der Waals surface area contributed by atoms with Crippen LogP contribution in [0.5, 0.6) is 0 Å². The minimum atomic E-state index is -1.66. The molecule has 0 aliphatic heterocycles. The average Bonchev–Trinajstić information content (AvgIpc) is 2.59. The van der Waals surface area contributed by atoms with E-state index in [0.717, 1.165) is 6.54 Å². The Morgan fingerprint density at radius 1 is 0.593 bits per heavy atom. The maximum Gasteiger partial charge on any atom is 0.192 e. The zero-order valence-electron chi connectivity index (χ0n) is 18.4. The van der Waals surface area contributed by atoms with Crippen LogP contribution in [-0.2, 0) is 28.1 Å². The van der Waals surface area contributed by atoms with Gasteiger partial charge in [-0.2, -0.15) is 0 Å². The Kier molecular flexibility index (Phi) is 16.8. The first-order valence-electron chi connectivity index (χ1n) is 9.98. The summed E-state index contributed by atoms with van der Waals surface area (Å²) in [7, 11) is 0.240. The Bertz CT molecular complexity index is 326. The largest absolute Gasteiger partial charge is 0.414 e. The van der Waals surface area contributed by atoms with Crippen LogP contribution in [0.2, 0.25) is 18.1 Å². The third-order valence-corrected chi connectivity index (χ3v) is 9.02. The predicted octanol–water partition coefficient (Wildman–Crippen LogP) is 2.31. The van der Waals surface area contributed by atoms with Gasteiger partial charge in [0.2, 0.25) is 0 Å². The molecule has 0 unspecified atom stereocenters. The van der Waals surface area contributed by atoms with E-state index in [2.05, 4.69) is 39.2 Å². The summed E-state index contributed by atoms with van der Waals surface area (Å²) in [6.45, 7) is 18.7.